The molecule has 0 aliphatic carbocycles. The van der Waals surface area contributed by atoms with Crippen molar-refractivity contribution < 1.29 is 4.84 Å². The van der Waals surface area contributed by atoms with Crippen molar-refractivity contribution in [3.8, 4) is 0 Å². The van der Waals surface area contributed by atoms with Gasteiger partial charge in [-0.3, -0.25) is 0 Å². The van der Waals surface area contributed by atoms with E-state index >= 15 is 0 Å². The summed E-state index contributed by atoms with van der Waals surface area (Å²) in [7, 11) is 1.48. The average molecular weight is 225 g/mol. The normalized spacial score (nSPS) is 11.1. The molecule has 0 unspecified atom stereocenters. The molecular weight excluding hydrogens is 216 g/mol. The predicted octanol–water partition coefficient (Wildman–Crippen LogP) is 2.05. The van der Waals surface area contributed by atoms with Crippen molar-refractivity contribution in [1.82, 2.24) is 4.98 Å². The van der Waals surface area contributed by atoms with Gasteiger partial charge in [0.05, 0.1) is 10.4 Å². The molecular formula is C9H9N2OS2. The van der Waals surface area contributed by atoms with Crippen LogP contribution in [0.15, 0.2) is 34.6 Å². The SMILES string of the molecule is CO/N=C(/[C]=S)CSc1ccccn1. The molecule has 0 aliphatic rings. The minimum Gasteiger partial charge on any atom is -0.399 e. The molecule has 73 valence electrons. The molecule has 0 aromatic carbocycles. The van der Waals surface area contributed by atoms with Gasteiger partial charge in [-0.25, -0.2) is 4.98 Å². The van der Waals surface area contributed by atoms with Crippen LogP contribution < -0.4 is 0 Å². The van der Waals surface area contributed by atoms with E-state index in [0.29, 0.717) is 11.5 Å². The molecule has 1 heterocycles. The van der Waals surface area contributed by atoms with Gasteiger partial charge in [0.15, 0.2) is 0 Å². The fourth-order valence-corrected chi connectivity index (χ4v) is 1.68. The zero-order chi connectivity index (χ0) is 10.2. The molecule has 0 amide bonds. The second kappa shape index (κ2) is 6.50. The summed E-state index contributed by atoms with van der Waals surface area (Å²) < 4.78 is 0. The van der Waals surface area contributed by atoms with E-state index in [4.69, 9.17) is 0 Å². The summed E-state index contributed by atoms with van der Waals surface area (Å²) in [6, 6.07) is 5.74. The molecule has 0 aliphatic heterocycles. The largest absolute Gasteiger partial charge is 0.399 e. The van der Waals surface area contributed by atoms with Crippen LogP contribution in [0.3, 0.4) is 0 Å². The van der Waals surface area contributed by atoms with Crippen LogP contribution in [-0.4, -0.2) is 28.9 Å². The first-order chi connectivity index (χ1) is 6.86. The Balaban J connectivity index is 2.48. The van der Waals surface area contributed by atoms with Crippen molar-refractivity contribution in [2.75, 3.05) is 12.9 Å². The van der Waals surface area contributed by atoms with Gasteiger partial charge in [0.1, 0.15) is 12.8 Å². The highest BCUT2D eigenvalue weighted by Gasteiger charge is 1.99. The molecule has 0 saturated carbocycles. The molecule has 14 heavy (non-hydrogen) atoms. The molecule has 1 radical (unpaired) electrons. The smallest absolute Gasteiger partial charge is 0.110 e. The molecule has 5 heteroatoms. The molecule has 0 N–H and O–H groups in total. The molecule has 1 aromatic heterocycles. The van der Waals surface area contributed by atoms with E-state index in [0.717, 1.165) is 5.03 Å². The lowest BCUT2D eigenvalue weighted by Crippen LogP contribution is -2.02. The molecule has 0 saturated heterocycles. The van der Waals surface area contributed by atoms with Gasteiger partial charge in [-0.05, 0) is 12.1 Å². The van der Waals surface area contributed by atoms with Crippen LogP contribution in [0.5, 0.6) is 0 Å². The third-order valence-corrected chi connectivity index (χ3v) is 2.50. The highest BCUT2D eigenvalue weighted by atomic mass is 32.2. The van der Waals surface area contributed by atoms with Crippen LogP contribution in [0.4, 0.5) is 0 Å². The van der Waals surface area contributed by atoms with Crippen LogP contribution in [-0.2, 0) is 4.84 Å². The number of aromatic nitrogens is 1. The summed E-state index contributed by atoms with van der Waals surface area (Å²) in [4.78, 5) is 8.76. The van der Waals surface area contributed by atoms with Crippen molar-refractivity contribution in [2.24, 2.45) is 5.16 Å². The van der Waals surface area contributed by atoms with Crippen LogP contribution in [0.1, 0.15) is 0 Å². The van der Waals surface area contributed by atoms with Crippen LogP contribution >= 0.6 is 24.0 Å². The van der Waals surface area contributed by atoms with Gasteiger partial charge in [0, 0.05) is 11.9 Å². The summed E-state index contributed by atoms with van der Waals surface area (Å²) >= 11 is 6.20. The van der Waals surface area contributed by atoms with E-state index in [1.807, 2.05) is 18.2 Å². The van der Waals surface area contributed by atoms with Gasteiger partial charge in [0.2, 0.25) is 0 Å². The Labute approximate surface area is 92.6 Å². The van der Waals surface area contributed by atoms with E-state index in [2.05, 4.69) is 32.6 Å². The summed E-state index contributed by atoms with van der Waals surface area (Å²) in [5.74, 6) is 0.619. The third kappa shape index (κ3) is 3.85. The van der Waals surface area contributed by atoms with Crippen molar-refractivity contribution in [3.05, 3.63) is 24.4 Å². The molecule has 0 atom stereocenters. The maximum absolute atomic E-state index is 4.66. The first-order valence-corrected chi connectivity index (χ1v) is 5.28. The van der Waals surface area contributed by atoms with Crippen LogP contribution in [0.2, 0.25) is 0 Å². The average Bonchev–Trinajstić information content (AvgIpc) is 2.25. The van der Waals surface area contributed by atoms with Crippen molar-refractivity contribution >= 4 is 35.1 Å². The lowest BCUT2D eigenvalue weighted by molar-refractivity contribution is 0.214. The third-order valence-electron chi connectivity index (χ3n) is 1.31. The Bertz CT molecular complexity index is 314. The van der Waals surface area contributed by atoms with Gasteiger partial charge in [-0.1, -0.05) is 35.2 Å². The fraction of sp³-hybridized carbons (Fsp3) is 0.222. The lowest BCUT2D eigenvalue weighted by atomic mass is 10.5. The van der Waals surface area contributed by atoms with Crippen LogP contribution in [0.25, 0.3) is 0 Å². The minimum absolute atomic E-state index is 0.609. The molecule has 0 bridgehead atoms. The van der Waals surface area contributed by atoms with E-state index < -0.39 is 0 Å². The molecule has 0 fully saturated rings. The van der Waals surface area contributed by atoms with E-state index in [-0.39, 0.29) is 0 Å². The second-order valence-electron chi connectivity index (χ2n) is 2.28. The number of oxime groups is 1. The van der Waals surface area contributed by atoms with Crippen molar-refractivity contribution in [3.63, 3.8) is 0 Å². The first kappa shape index (κ1) is 11.1. The molecule has 0 spiro atoms. The van der Waals surface area contributed by atoms with Crippen molar-refractivity contribution in [2.45, 2.75) is 5.03 Å². The lowest BCUT2D eigenvalue weighted by Gasteiger charge is -1.98. The fourth-order valence-electron chi connectivity index (χ4n) is 0.759. The van der Waals surface area contributed by atoms with E-state index in [9.17, 15) is 0 Å². The molecule has 1 aromatic rings. The summed E-state index contributed by atoms with van der Waals surface area (Å²) in [6.07, 6.45) is 1.75. The second-order valence-corrected chi connectivity index (χ2v) is 3.48. The van der Waals surface area contributed by atoms with Crippen LogP contribution in [0, 0.1) is 0 Å². The quantitative estimate of drug-likeness (QED) is 0.332. The van der Waals surface area contributed by atoms with Crippen molar-refractivity contribution in [1.29, 1.82) is 0 Å². The van der Waals surface area contributed by atoms with E-state index in [1.165, 1.54) is 7.11 Å². The monoisotopic (exact) mass is 225 g/mol. The number of nitrogens with zero attached hydrogens (tertiary/aromatic N) is 2. The van der Waals surface area contributed by atoms with Gasteiger partial charge < -0.3 is 4.84 Å². The summed E-state index contributed by atoms with van der Waals surface area (Å²) in [6.45, 7) is 0. The first-order valence-electron chi connectivity index (χ1n) is 3.89. The highest BCUT2D eigenvalue weighted by molar-refractivity contribution is 8.00. The Morgan fingerprint density at radius 3 is 3.14 bits per heavy atom. The van der Waals surface area contributed by atoms with Gasteiger partial charge in [-0.2, -0.15) is 0 Å². The Morgan fingerprint density at radius 1 is 1.71 bits per heavy atom. The number of hydrogen-bond donors (Lipinski definition) is 0. The standard InChI is InChI=1S/C9H9N2OS2/c1-12-11-8(6-13)7-14-9-4-2-3-5-10-9/h2-5H,7H2,1H3/b11-8-. The Hall–Kier alpha value is -0.940. The number of rotatable bonds is 5. The number of thiocarbonyl (C=S) groups is 1. The van der Waals surface area contributed by atoms with Gasteiger partial charge in [0.25, 0.3) is 0 Å². The van der Waals surface area contributed by atoms with E-state index in [1.54, 1.807) is 18.0 Å². The highest BCUT2D eigenvalue weighted by Crippen LogP contribution is 2.13. The Kier molecular flexibility index (Phi) is 5.17. The zero-order valence-electron chi connectivity index (χ0n) is 7.64. The molecule has 1 rings (SSSR count). The molecule has 3 nitrogen and oxygen atoms in total. The number of pyridine rings is 1. The zero-order valence-corrected chi connectivity index (χ0v) is 9.27. The Morgan fingerprint density at radius 2 is 2.57 bits per heavy atom. The predicted molar refractivity (Wildman–Crippen MR) is 62.0 cm³/mol. The topological polar surface area (TPSA) is 34.5 Å². The minimum atomic E-state index is 0.609. The summed E-state index contributed by atoms with van der Waals surface area (Å²) in [5.41, 5.74) is 0.609. The maximum Gasteiger partial charge on any atom is 0.110 e. The van der Waals surface area contributed by atoms with Gasteiger partial charge in [-0.15, -0.1) is 0 Å². The van der Waals surface area contributed by atoms with Gasteiger partial charge >= 0.3 is 0 Å². The number of thioether (sulfide) groups is 1. The maximum atomic E-state index is 4.66. The summed E-state index contributed by atoms with van der Waals surface area (Å²) in [5, 5.41) is 7.18. The number of hydrogen-bond acceptors (Lipinski definition) is 5.